The van der Waals surface area contributed by atoms with Gasteiger partial charge in [-0.3, -0.25) is 5.01 Å². The first-order chi connectivity index (χ1) is 13.4. The third-order valence-electron chi connectivity index (χ3n) is 4.99. The Hall–Kier alpha value is -2.96. The minimum atomic E-state index is -3.72. The Kier molecular flexibility index (Phi) is 4.75. The van der Waals surface area contributed by atoms with Crippen molar-refractivity contribution in [2.24, 2.45) is 10.2 Å². The first kappa shape index (κ1) is 18.4. The van der Waals surface area contributed by atoms with Gasteiger partial charge in [-0.05, 0) is 47.9 Å². The fraction of sp³-hybridized carbons (Fsp3) is 0.136. The van der Waals surface area contributed by atoms with Crippen LogP contribution in [0.25, 0.3) is 0 Å². The number of benzene rings is 3. The first-order valence-electron chi connectivity index (χ1n) is 9.04. The maximum Gasteiger partial charge on any atom is 0.238 e. The predicted molar refractivity (Wildman–Crippen MR) is 112 cm³/mol. The van der Waals surface area contributed by atoms with E-state index >= 15 is 0 Å². The van der Waals surface area contributed by atoms with Crippen LogP contribution in [0, 0.1) is 6.92 Å². The summed E-state index contributed by atoms with van der Waals surface area (Å²) < 4.78 is 23.1. The van der Waals surface area contributed by atoms with E-state index in [4.69, 9.17) is 10.2 Å². The van der Waals surface area contributed by atoms with Gasteiger partial charge in [0.2, 0.25) is 10.0 Å². The van der Waals surface area contributed by atoms with Crippen LogP contribution >= 0.6 is 0 Å². The molecule has 0 fully saturated rings. The summed E-state index contributed by atoms with van der Waals surface area (Å²) in [6.07, 6.45) is 0.770. The highest BCUT2D eigenvalue weighted by molar-refractivity contribution is 7.89. The van der Waals surface area contributed by atoms with Gasteiger partial charge in [0.1, 0.15) is 0 Å². The van der Waals surface area contributed by atoms with Crippen LogP contribution in [0.3, 0.4) is 0 Å². The van der Waals surface area contributed by atoms with Crippen molar-refractivity contribution >= 4 is 21.4 Å². The van der Waals surface area contributed by atoms with Gasteiger partial charge in [0.05, 0.1) is 22.3 Å². The molecular weight excluding hydrogens is 370 g/mol. The number of primary sulfonamides is 1. The summed E-state index contributed by atoms with van der Waals surface area (Å²) in [5, 5.41) is 12.1. The number of hydrazone groups is 1. The van der Waals surface area contributed by atoms with E-state index in [1.165, 1.54) is 23.3 Å². The summed E-state index contributed by atoms with van der Waals surface area (Å²) in [4.78, 5) is 0.0927. The Morgan fingerprint density at radius 2 is 1.57 bits per heavy atom. The van der Waals surface area contributed by atoms with Gasteiger partial charge in [0.25, 0.3) is 0 Å². The number of nitrogens with zero attached hydrogens (tertiary/aromatic N) is 2. The zero-order valence-corrected chi connectivity index (χ0v) is 16.3. The van der Waals surface area contributed by atoms with Crippen LogP contribution in [0.1, 0.15) is 29.2 Å². The average molecular weight is 391 g/mol. The monoisotopic (exact) mass is 391 g/mol. The molecule has 0 bridgehead atoms. The molecule has 0 saturated heterocycles. The van der Waals surface area contributed by atoms with E-state index < -0.39 is 10.0 Å². The SMILES string of the molecule is Cc1ccccc1C1CC(c2ccccc2)=NN1c1ccc(S(N)(=O)=O)cc1. The molecule has 0 amide bonds. The lowest BCUT2D eigenvalue weighted by molar-refractivity contribution is 0.598. The van der Waals surface area contributed by atoms with Crippen molar-refractivity contribution in [3.05, 3.63) is 95.6 Å². The minimum absolute atomic E-state index is 0.0386. The maximum absolute atomic E-state index is 11.6. The fourth-order valence-electron chi connectivity index (χ4n) is 3.54. The lowest BCUT2D eigenvalue weighted by Crippen LogP contribution is -2.19. The van der Waals surface area contributed by atoms with E-state index in [0.29, 0.717) is 0 Å². The Balaban J connectivity index is 1.77. The molecule has 1 unspecified atom stereocenters. The minimum Gasteiger partial charge on any atom is -0.257 e. The van der Waals surface area contributed by atoms with Crippen LogP contribution in [-0.2, 0) is 10.0 Å². The van der Waals surface area contributed by atoms with Gasteiger partial charge in [-0.1, -0.05) is 54.6 Å². The number of anilines is 1. The Morgan fingerprint density at radius 3 is 2.21 bits per heavy atom. The number of rotatable bonds is 4. The number of sulfonamides is 1. The summed E-state index contributed by atoms with van der Waals surface area (Å²) in [6.45, 7) is 2.10. The predicted octanol–water partition coefficient (Wildman–Crippen LogP) is 4.00. The van der Waals surface area contributed by atoms with Gasteiger partial charge in [0.15, 0.2) is 0 Å². The Morgan fingerprint density at radius 1 is 0.929 bits per heavy atom. The smallest absolute Gasteiger partial charge is 0.238 e. The quantitative estimate of drug-likeness (QED) is 0.730. The number of hydrogen-bond acceptors (Lipinski definition) is 4. The molecule has 0 aromatic heterocycles. The molecule has 0 saturated carbocycles. The molecular formula is C22H21N3O2S. The van der Waals surface area contributed by atoms with E-state index in [1.807, 2.05) is 35.3 Å². The molecule has 5 nitrogen and oxygen atoms in total. The third-order valence-corrected chi connectivity index (χ3v) is 5.92. The molecule has 1 aliphatic heterocycles. The summed E-state index contributed by atoms with van der Waals surface area (Å²) in [5.41, 5.74) is 5.32. The summed E-state index contributed by atoms with van der Waals surface area (Å²) in [7, 11) is -3.72. The maximum atomic E-state index is 11.6. The van der Waals surface area contributed by atoms with Crippen molar-refractivity contribution < 1.29 is 8.42 Å². The zero-order chi connectivity index (χ0) is 19.7. The highest BCUT2D eigenvalue weighted by Gasteiger charge is 2.30. The Labute approximate surface area is 165 Å². The van der Waals surface area contributed by atoms with Crippen LogP contribution in [0.15, 0.2) is 88.9 Å². The molecule has 3 aromatic rings. The lowest BCUT2D eigenvalue weighted by Gasteiger charge is -2.25. The molecule has 1 heterocycles. The Bertz CT molecular complexity index is 1120. The summed E-state index contributed by atoms with van der Waals surface area (Å²) in [5.74, 6) is 0. The molecule has 2 N–H and O–H groups in total. The molecule has 142 valence electrons. The largest absolute Gasteiger partial charge is 0.257 e. The molecule has 3 aromatic carbocycles. The molecule has 1 aliphatic rings. The average Bonchev–Trinajstić information content (AvgIpc) is 3.14. The third kappa shape index (κ3) is 3.56. The normalized spacial score (nSPS) is 16.9. The molecule has 0 aliphatic carbocycles. The fourth-order valence-corrected chi connectivity index (χ4v) is 4.06. The second kappa shape index (κ2) is 7.22. The van der Waals surface area contributed by atoms with Crippen LogP contribution in [0.4, 0.5) is 5.69 Å². The number of hydrogen-bond donors (Lipinski definition) is 1. The second-order valence-corrected chi connectivity index (χ2v) is 8.43. The molecule has 6 heteroatoms. The van der Waals surface area contributed by atoms with Crippen LogP contribution in [-0.4, -0.2) is 14.1 Å². The summed E-state index contributed by atoms with van der Waals surface area (Å²) in [6, 6.07) is 25.0. The van der Waals surface area contributed by atoms with Crippen molar-refractivity contribution in [2.75, 3.05) is 5.01 Å². The molecule has 0 radical (unpaired) electrons. The van der Waals surface area contributed by atoms with Crippen molar-refractivity contribution in [1.82, 2.24) is 0 Å². The van der Waals surface area contributed by atoms with E-state index in [-0.39, 0.29) is 10.9 Å². The molecule has 4 rings (SSSR count). The van der Waals surface area contributed by atoms with E-state index in [1.54, 1.807) is 12.1 Å². The van der Waals surface area contributed by atoms with Crippen LogP contribution in [0.5, 0.6) is 0 Å². The highest BCUT2D eigenvalue weighted by Crippen LogP contribution is 2.38. The van der Waals surface area contributed by atoms with Crippen molar-refractivity contribution in [3.8, 4) is 0 Å². The molecule has 1 atom stereocenters. The van der Waals surface area contributed by atoms with Crippen LogP contribution in [0.2, 0.25) is 0 Å². The molecule has 28 heavy (non-hydrogen) atoms. The number of aryl methyl sites for hydroxylation is 1. The highest BCUT2D eigenvalue weighted by atomic mass is 32.2. The van der Waals surface area contributed by atoms with E-state index in [0.717, 1.165) is 23.4 Å². The van der Waals surface area contributed by atoms with Gasteiger partial charge >= 0.3 is 0 Å². The lowest BCUT2D eigenvalue weighted by atomic mass is 9.95. The van der Waals surface area contributed by atoms with Gasteiger partial charge < -0.3 is 0 Å². The van der Waals surface area contributed by atoms with Crippen LogP contribution < -0.4 is 10.1 Å². The van der Waals surface area contributed by atoms with Crippen molar-refractivity contribution in [2.45, 2.75) is 24.3 Å². The van der Waals surface area contributed by atoms with Crippen molar-refractivity contribution in [3.63, 3.8) is 0 Å². The zero-order valence-electron chi connectivity index (χ0n) is 15.5. The van der Waals surface area contributed by atoms with E-state index in [9.17, 15) is 8.42 Å². The van der Waals surface area contributed by atoms with Gasteiger partial charge in [0, 0.05) is 6.42 Å². The van der Waals surface area contributed by atoms with Gasteiger partial charge in [-0.2, -0.15) is 5.10 Å². The second-order valence-electron chi connectivity index (χ2n) is 6.87. The topological polar surface area (TPSA) is 75.8 Å². The first-order valence-corrected chi connectivity index (χ1v) is 10.6. The van der Waals surface area contributed by atoms with Gasteiger partial charge in [-0.25, -0.2) is 13.6 Å². The van der Waals surface area contributed by atoms with Gasteiger partial charge in [-0.15, -0.1) is 0 Å². The van der Waals surface area contributed by atoms with Crippen molar-refractivity contribution in [1.29, 1.82) is 0 Å². The summed E-state index contributed by atoms with van der Waals surface area (Å²) >= 11 is 0. The van der Waals surface area contributed by atoms with E-state index in [2.05, 4.69) is 31.2 Å². The molecule has 0 spiro atoms. The standard InChI is InChI=1S/C22H21N3O2S/c1-16-7-5-6-10-20(16)22-15-21(17-8-3-2-4-9-17)24-25(22)18-11-13-19(14-12-18)28(23,26)27/h2-14,22H,15H2,1H3,(H2,23,26,27). The number of nitrogens with two attached hydrogens (primary N) is 1.